The van der Waals surface area contributed by atoms with E-state index in [1.54, 1.807) is 34.9 Å². The molecule has 2 N–H and O–H groups in total. The highest BCUT2D eigenvalue weighted by Gasteiger charge is 2.45. The fraction of sp³-hybridized carbons (Fsp3) is 0.273. The zero-order chi connectivity index (χ0) is 29.6. The standard InChI is InChI=1S/C33H30ClF2N3OS/c1-18-11-19(2)24(12-20(18)17-41-23-8-5-21(35)6-9-23)30-25(16-37)32(38)39(22-7-10-27(36)26(34)13-22)28-14-33(3,4)15-29(40)31(28)30/h5-13,30H,14-15,17,38H2,1-4H3. The molecule has 210 valence electrons. The maximum atomic E-state index is 14.1. The Kier molecular flexibility index (Phi) is 7.76. The SMILES string of the molecule is Cc1cc(C)c(C2C(C#N)=C(N)N(c3ccc(F)c(Cl)c3)C3=C2C(=O)CC(C)(C)C3)cc1CSc1ccc(F)cc1. The molecule has 1 aliphatic heterocycles. The van der Waals surface area contributed by atoms with Crippen molar-refractivity contribution in [2.75, 3.05) is 4.90 Å². The van der Waals surface area contributed by atoms with Crippen LogP contribution in [0.25, 0.3) is 0 Å². The van der Waals surface area contributed by atoms with Crippen LogP contribution in [0.15, 0.2) is 82.2 Å². The minimum atomic E-state index is -0.638. The van der Waals surface area contributed by atoms with Gasteiger partial charge in [0, 0.05) is 34.0 Å². The topological polar surface area (TPSA) is 70.1 Å². The maximum absolute atomic E-state index is 14.1. The van der Waals surface area contributed by atoms with Crippen LogP contribution in [-0.2, 0) is 10.5 Å². The molecule has 0 amide bonds. The summed E-state index contributed by atoms with van der Waals surface area (Å²) in [5.41, 5.74) is 12.4. The Hall–Kier alpha value is -3.60. The van der Waals surface area contributed by atoms with Crippen molar-refractivity contribution >= 4 is 34.8 Å². The third kappa shape index (κ3) is 5.51. The molecule has 0 fully saturated rings. The molecule has 0 aromatic heterocycles. The van der Waals surface area contributed by atoms with Crippen molar-refractivity contribution in [2.45, 2.75) is 57.1 Å². The second-order valence-electron chi connectivity index (χ2n) is 11.5. The number of benzene rings is 3. The predicted molar refractivity (Wildman–Crippen MR) is 160 cm³/mol. The Morgan fingerprint density at radius 3 is 2.44 bits per heavy atom. The van der Waals surface area contributed by atoms with Gasteiger partial charge in [0.2, 0.25) is 0 Å². The average molecular weight is 590 g/mol. The van der Waals surface area contributed by atoms with E-state index in [0.717, 1.165) is 27.1 Å². The van der Waals surface area contributed by atoms with Crippen LogP contribution in [0.2, 0.25) is 5.02 Å². The van der Waals surface area contributed by atoms with E-state index < -0.39 is 11.7 Å². The second-order valence-corrected chi connectivity index (χ2v) is 12.9. The number of nitrogens with two attached hydrogens (primary N) is 1. The number of hydrogen-bond acceptors (Lipinski definition) is 5. The summed E-state index contributed by atoms with van der Waals surface area (Å²) in [6.45, 7) is 8.07. The van der Waals surface area contributed by atoms with Gasteiger partial charge in [0.1, 0.15) is 17.5 Å². The largest absolute Gasteiger partial charge is 0.384 e. The van der Waals surface area contributed by atoms with E-state index >= 15 is 0 Å². The number of hydrogen-bond donors (Lipinski definition) is 1. The van der Waals surface area contributed by atoms with Gasteiger partial charge in [-0.25, -0.2) is 8.78 Å². The number of rotatable bonds is 5. The number of anilines is 1. The van der Waals surface area contributed by atoms with E-state index in [2.05, 4.69) is 18.2 Å². The molecule has 1 heterocycles. The van der Waals surface area contributed by atoms with Crippen LogP contribution >= 0.6 is 23.4 Å². The molecule has 8 heteroatoms. The minimum Gasteiger partial charge on any atom is -0.384 e. The molecule has 0 saturated heterocycles. The van der Waals surface area contributed by atoms with Crippen molar-refractivity contribution in [3.05, 3.63) is 116 Å². The van der Waals surface area contributed by atoms with E-state index in [0.29, 0.717) is 35.6 Å². The molecule has 1 aliphatic carbocycles. The van der Waals surface area contributed by atoms with Gasteiger partial charge in [-0.2, -0.15) is 5.26 Å². The van der Waals surface area contributed by atoms with Crippen molar-refractivity contribution in [1.82, 2.24) is 0 Å². The Labute approximate surface area is 248 Å². The molecule has 0 saturated carbocycles. The van der Waals surface area contributed by atoms with Crippen LogP contribution in [0, 0.1) is 42.2 Å². The predicted octanol–water partition coefficient (Wildman–Crippen LogP) is 8.47. The number of thioether (sulfide) groups is 1. The molecule has 0 radical (unpaired) electrons. The lowest BCUT2D eigenvalue weighted by atomic mass is 9.68. The number of allylic oxidation sites excluding steroid dienone is 3. The van der Waals surface area contributed by atoms with Crippen LogP contribution in [0.3, 0.4) is 0 Å². The maximum Gasteiger partial charge on any atom is 0.162 e. The van der Waals surface area contributed by atoms with Crippen LogP contribution in [0.4, 0.5) is 14.5 Å². The first-order valence-corrected chi connectivity index (χ1v) is 14.7. The monoisotopic (exact) mass is 589 g/mol. The van der Waals surface area contributed by atoms with E-state index in [9.17, 15) is 18.8 Å². The second kappa shape index (κ2) is 11.0. The first-order chi connectivity index (χ1) is 19.4. The number of halogens is 3. The molecular formula is C33H30ClF2N3OS. The summed E-state index contributed by atoms with van der Waals surface area (Å²) < 4.78 is 27.5. The lowest BCUT2D eigenvalue weighted by Gasteiger charge is -2.44. The van der Waals surface area contributed by atoms with Crippen molar-refractivity contribution in [1.29, 1.82) is 5.26 Å². The van der Waals surface area contributed by atoms with Crippen LogP contribution in [0.1, 0.15) is 54.9 Å². The quantitative estimate of drug-likeness (QED) is 0.302. The number of ketones is 1. The van der Waals surface area contributed by atoms with Gasteiger partial charge in [0.25, 0.3) is 0 Å². The number of nitriles is 1. The zero-order valence-electron chi connectivity index (χ0n) is 23.3. The van der Waals surface area contributed by atoms with Crippen molar-refractivity contribution < 1.29 is 13.6 Å². The lowest BCUT2D eigenvalue weighted by molar-refractivity contribution is -0.118. The van der Waals surface area contributed by atoms with Gasteiger partial charge in [0.15, 0.2) is 5.78 Å². The van der Waals surface area contributed by atoms with Crippen LogP contribution in [0.5, 0.6) is 0 Å². The molecular weight excluding hydrogens is 560 g/mol. The van der Waals surface area contributed by atoms with Gasteiger partial charge in [-0.05, 0) is 90.4 Å². The Morgan fingerprint density at radius 2 is 1.78 bits per heavy atom. The Balaban J connectivity index is 1.66. The molecule has 1 unspecified atom stereocenters. The molecule has 0 spiro atoms. The smallest absolute Gasteiger partial charge is 0.162 e. The Morgan fingerprint density at radius 1 is 1.07 bits per heavy atom. The first-order valence-electron chi connectivity index (χ1n) is 13.3. The van der Waals surface area contributed by atoms with Gasteiger partial charge < -0.3 is 5.73 Å². The summed E-state index contributed by atoms with van der Waals surface area (Å²) in [7, 11) is 0. The van der Waals surface area contributed by atoms with Gasteiger partial charge >= 0.3 is 0 Å². The molecule has 4 nitrogen and oxygen atoms in total. The van der Waals surface area contributed by atoms with Gasteiger partial charge in [0.05, 0.1) is 22.6 Å². The Bertz CT molecular complexity index is 1670. The van der Waals surface area contributed by atoms with E-state index in [-0.39, 0.29) is 33.4 Å². The molecule has 1 atom stereocenters. The number of carbonyl (C=O) groups excluding carboxylic acids is 1. The molecule has 2 aliphatic rings. The van der Waals surface area contributed by atoms with Crippen molar-refractivity contribution in [3.8, 4) is 6.07 Å². The number of nitrogens with zero attached hydrogens (tertiary/aromatic N) is 2. The van der Waals surface area contributed by atoms with Crippen molar-refractivity contribution in [3.63, 3.8) is 0 Å². The van der Waals surface area contributed by atoms with Gasteiger partial charge in [-0.15, -0.1) is 11.8 Å². The van der Waals surface area contributed by atoms with E-state index in [1.165, 1.54) is 24.3 Å². The highest BCUT2D eigenvalue weighted by Crippen LogP contribution is 2.51. The normalized spacial score (nSPS) is 18.4. The van der Waals surface area contributed by atoms with E-state index in [4.69, 9.17) is 17.3 Å². The van der Waals surface area contributed by atoms with Gasteiger partial charge in [-0.3, -0.25) is 9.69 Å². The van der Waals surface area contributed by atoms with Crippen molar-refractivity contribution in [2.24, 2.45) is 11.1 Å². The molecule has 5 rings (SSSR count). The molecule has 0 bridgehead atoms. The van der Waals surface area contributed by atoms with E-state index in [1.807, 2.05) is 27.7 Å². The zero-order valence-corrected chi connectivity index (χ0v) is 24.9. The highest BCUT2D eigenvalue weighted by molar-refractivity contribution is 7.98. The fourth-order valence-corrected chi connectivity index (χ4v) is 6.95. The van der Waals surface area contributed by atoms with Crippen LogP contribution in [-0.4, -0.2) is 5.78 Å². The highest BCUT2D eigenvalue weighted by atomic mass is 35.5. The fourth-order valence-electron chi connectivity index (χ4n) is 5.81. The summed E-state index contributed by atoms with van der Waals surface area (Å²) in [6.07, 6.45) is 0.869. The third-order valence-corrected chi connectivity index (χ3v) is 9.14. The molecule has 3 aromatic carbocycles. The first kappa shape index (κ1) is 28.9. The average Bonchev–Trinajstić information content (AvgIpc) is 2.90. The summed E-state index contributed by atoms with van der Waals surface area (Å²) >= 11 is 7.73. The molecule has 41 heavy (non-hydrogen) atoms. The third-order valence-electron chi connectivity index (χ3n) is 7.79. The van der Waals surface area contributed by atoms with Crippen LogP contribution < -0.4 is 10.6 Å². The lowest BCUT2D eigenvalue weighted by Crippen LogP contribution is -2.42. The summed E-state index contributed by atoms with van der Waals surface area (Å²) in [5.74, 6) is -0.695. The summed E-state index contributed by atoms with van der Waals surface area (Å²) in [4.78, 5) is 16.6. The van der Waals surface area contributed by atoms with Gasteiger partial charge in [-0.1, -0.05) is 37.6 Å². The number of Topliss-reactive ketones (excluding diaryl/α,β-unsaturated/α-hetero) is 1. The summed E-state index contributed by atoms with van der Waals surface area (Å²) in [5, 5.41) is 10.4. The number of aryl methyl sites for hydroxylation is 2. The minimum absolute atomic E-state index is 0.0399. The number of carbonyl (C=O) groups is 1. The summed E-state index contributed by atoms with van der Waals surface area (Å²) in [6, 6.07) is 17.1. The molecule has 3 aromatic rings.